The lowest BCUT2D eigenvalue weighted by atomic mass is 10.1. The molecule has 0 radical (unpaired) electrons. The van der Waals surface area contributed by atoms with Gasteiger partial charge in [0.05, 0.1) is 17.7 Å². The van der Waals surface area contributed by atoms with Gasteiger partial charge in [0, 0.05) is 22.6 Å². The van der Waals surface area contributed by atoms with Crippen molar-refractivity contribution in [3.63, 3.8) is 0 Å². The van der Waals surface area contributed by atoms with Crippen LogP contribution in [0.5, 0.6) is 5.75 Å². The third-order valence-electron chi connectivity index (χ3n) is 7.72. The Kier molecular flexibility index (Phi) is 10.6. The van der Waals surface area contributed by atoms with Gasteiger partial charge in [0.15, 0.2) is 0 Å². The van der Waals surface area contributed by atoms with E-state index in [0.717, 1.165) is 41.1 Å². The molecule has 230 valence electrons. The lowest BCUT2D eigenvalue weighted by molar-refractivity contribution is -0.139. The highest BCUT2D eigenvalue weighted by atomic mass is 35.5. The number of amides is 2. The van der Waals surface area contributed by atoms with Crippen molar-refractivity contribution in [3.8, 4) is 5.75 Å². The van der Waals surface area contributed by atoms with Crippen LogP contribution in [0, 0.1) is 13.8 Å². The van der Waals surface area contributed by atoms with E-state index in [1.807, 2.05) is 13.8 Å². The Morgan fingerprint density at radius 3 is 2.26 bits per heavy atom. The molecule has 3 aromatic rings. The first-order chi connectivity index (χ1) is 20.4. The van der Waals surface area contributed by atoms with E-state index >= 15 is 0 Å². The molecule has 0 spiro atoms. The van der Waals surface area contributed by atoms with E-state index in [1.54, 1.807) is 55.5 Å². The Morgan fingerprint density at radius 1 is 0.977 bits per heavy atom. The summed E-state index contributed by atoms with van der Waals surface area (Å²) in [5.74, 6) is -0.612. The Morgan fingerprint density at radius 2 is 1.63 bits per heavy atom. The van der Waals surface area contributed by atoms with Crippen LogP contribution in [-0.4, -0.2) is 50.9 Å². The average molecular weight is 647 g/mol. The maximum absolute atomic E-state index is 14.2. The SMILES string of the molecule is COc1ccc(C)cc1N(CC(=O)N(Cc1ccc(Cl)cc1Cl)[C@@H](C)C(=O)NC1CCCC1)S(=O)(=O)c1ccc(C)cc1. The van der Waals surface area contributed by atoms with Gasteiger partial charge in [-0.3, -0.25) is 13.9 Å². The summed E-state index contributed by atoms with van der Waals surface area (Å²) < 4.78 is 34.9. The molecular weight excluding hydrogens is 609 g/mol. The van der Waals surface area contributed by atoms with Crippen molar-refractivity contribution in [2.24, 2.45) is 0 Å². The van der Waals surface area contributed by atoms with E-state index in [-0.39, 0.29) is 34.8 Å². The van der Waals surface area contributed by atoms with Gasteiger partial charge in [-0.25, -0.2) is 8.42 Å². The Bertz CT molecular complexity index is 1570. The van der Waals surface area contributed by atoms with Crippen molar-refractivity contribution in [3.05, 3.63) is 87.4 Å². The summed E-state index contributed by atoms with van der Waals surface area (Å²) in [4.78, 5) is 29.0. The van der Waals surface area contributed by atoms with Crippen molar-refractivity contribution in [2.45, 2.75) is 70.0 Å². The van der Waals surface area contributed by atoms with Crippen molar-refractivity contribution >= 4 is 50.7 Å². The monoisotopic (exact) mass is 645 g/mol. The number of methoxy groups -OCH3 is 1. The Hall–Kier alpha value is -3.27. The second kappa shape index (κ2) is 14.0. The summed E-state index contributed by atoms with van der Waals surface area (Å²) in [5, 5.41) is 3.82. The number of hydrogen-bond donors (Lipinski definition) is 1. The number of ether oxygens (including phenoxy) is 1. The van der Waals surface area contributed by atoms with Crippen LogP contribution in [0.2, 0.25) is 10.0 Å². The van der Waals surface area contributed by atoms with Crippen molar-refractivity contribution in [2.75, 3.05) is 18.0 Å². The minimum absolute atomic E-state index is 0.0220. The molecule has 43 heavy (non-hydrogen) atoms. The molecule has 1 atom stereocenters. The number of halogens is 2. The number of anilines is 1. The fraction of sp³-hybridized carbons (Fsp3) is 0.375. The molecule has 2 amide bonds. The van der Waals surface area contributed by atoms with Gasteiger partial charge in [-0.2, -0.15) is 0 Å². The molecule has 1 fully saturated rings. The van der Waals surface area contributed by atoms with Gasteiger partial charge in [-0.1, -0.05) is 65.9 Å². The topological polar surface area (TPSA) is 96.0 Å². The number of rotatable bonds is 11. The molecule has 4 rings (SSSR count). The molecule has 1 N–H and O–H groups in total. The Balaban J connectivity index is 1.76. The quantitative estimate of drug-likeness (QED) is 0.264. The molecule has 0 unspecified atom stereocenters. The van der Waals surface area contributed by atoms with Gasteiger partial charge in [0.2, 0.25) is 11.8 Å². The first kappa shape index (κ1) is 32.6. The standard InChI is InChI=1S/C32H37Cl2N3O5S/c1-21-9-14-27(15-10-21)43(40,41)37(29-17-22(2)11-16-30(29)42-4)20-31(38)36(19-24-12-13-25(33)18-28(24)34)23(3)32(39)35-26-7-5-6-8-26/h9-18,23,26H,5-8,19-20H2,1-4H3,(H,35,39)/t23-/m0/s1. The van der Waals surface area contributed by atoms with Crippen LogP contribution in [-0.2, 0) is 26.2 Å². The Labute approximate surface area is 264 Å². The number of nitrogens with zero attached hydrogens (tertiary/aromatic N) is 2. The van der Waals surface area contributed by atoms with Gasteiger partial charge >= 0.3 is 0 Å². The minimum atomic E-state index is -4.24. The van der Waals surface area contributed by atoms with Crippen LogP contribution in [0.3, 0.4) is 0 Å². The van der Waals surface area contributed by atoms with Gasteiger partial charge < -0.3 is 15.0 Å². The fourth-order valence-corrected chi connectivity index (χ4v) is 7.04. The van der Waals surface area contributed by atoms with Crippen LogP contribution in [0.1, 0.15) is 49.3 Å². The van der Waals surface area contributed by atoms with E-state index in [1.165, 1.54) is 24.1 Å². The second-order valence-electron chi connectivity index (χ2n) is 10.9. The molecule has 1 aliphatic rings. The van der Waals surface area contributed by atoms with Gasteiger partial charge in [-0.15, -0.1) is 0 Å². The zero-order valence-electron chi connectivity index (χ0n) is 24.8. The van der Waals surface area contributed by atoms with Gasteiger partial charge in [-0.05, 0) is 81.1 Å². The highest BCUT2D eigenvalue weighted by Gasteiger charge is 2.34. The summed E-state index contributed by atoms with van der Waals surface area (Å²) in [7, 11) is -2.80. The van der Waals surface area contributed by atoms with E-state index in [4.69, 9.17) is 27.9 Å². The van der Waals surface area contributed by atoms with Crippen LogP contribution in [0.25, 0.3) is 0 Å². The third-order valence-corrected chi connectivity index (χ3v) is 10.1. The maximum atomic E-state index is 14.2. The summed E-state index contributed by atoms with van der Waals surface area (Å²) in [5.41, 5.74) is 2.45. The van der Waals surface area contributed by atoms with Crippen molar-refractivity contribution in [1.82, 2.24) is 10.2 Å². The molecule has 3 aromatic carbocycles. The fourth-order valence-electron chi connectivity index (χ4n) is 5.15. The molecule has 1 saturated carbocycles. The molecule has 0 heterocycles. The first-order valence-electron chi connectivity index (χ1n) is 14.2. The molecular formula is C32H37Cl2N3O5S. The lowest BCUT2D eigenvalue weighted by Gasteiger charge is -2.33. The third kappa shape index (κ3) is 7.82. The summed E-state index contributed by atoms with van der Waals surface area (Å²) in [6.07, 6.45) is 3.83. The van der Waals surface area contributed by atoms with Crippen LogP contribution < -0.4 is 14.4 Å². The zero-order chi connectivity index (χ0) is 31.3. The lowest BCUT2D eigenvalue weighted by Crippen LogP contribution is -2.52. The molecule has 11 heteroatoms. The molecule has 0 bridgehead atoms. The normalized spacial score (nSPS) is 14.3. The number of benzene rings is 3. The van der Waals surface area contributed by atoms with Gasteiger partial charge in [0.1, 0.15) is 18.3 Å². The van der Waals surface area contributed by atoms with E-state index < -0.39 is 28.5 Å². The summed E-state index contributed by atoms with van der Waals surface area (Å²) in [6.45, 7) is 4.71. The zero-order valence-corrected chi connectivity index (χ0v) is 27.1. The number of carbonyl (C=O) groups excluding carboxylic acids is 2. The van der Waals surface area contributed by atoms with Crippen molar-refractivity contribution < 1.29 is 22.7 Å². The van der Waals surface area contributed by atoms with Crippen molar-refractivity contribution in [1.29, 1.82) is 0 Å². The van der Waals surface area contributed by atoms with E-state index in [0.29, 0.717) is 15.6 Å². The maximum Gasteiger partial charge on any atom is 0.264 e. The minimum Gasteiger partial charge on any atom is -0.495 e. The molecule has 0 aromatic heterocycles. The number of carbonyl (C=O) groups is 2. The van der Waals surface area contributed by atoms with E-state index in [9.17, 15) is 18.0 Å². The largest absolute Gasteiger partial charge is 0.495 e. The number of nitrogens with one attached hydrogen (secondary N) is 1. The van der Waals surface area contributed by atoms with Gasteiger partial charge in [0.25, 0.3) is 10.0 Å². The van der Waals surface area contributed by atoms with Crippen LogP contribution in [0.4, 0.5) is 5.69 Å². The van der Waals surface area contributed by atoms with Crippen LogP contribution >= 0.6 is 23.2 Å². The number of aryl methyl sites for hydroxylation is 2. The predicted molar refractivity (Wildman–Crippen MR) is 170 cm³/mol. The second-order valence-corrected chi connectivity index (χ2v) is 13.6. The van der Waals surface area contributed by atoms with Crippen LogP contribution in [0.15, 0.2) is 65.6 Å². The molecule has 0 aliphatic heterocycles. The summed E-state index contributed by atoms with van der Waals surface area (Å²) >= 11 is 12.6. The highest BCUT2D eigenvalue weighted by Crippen LogP contribution is 2.34. The molecule has 0 saturated heterocycles. The smallest absolute Gasteiger partial charge is 0.264 e. The molecule has 8 nitrogen and oxygen atoms in total. The number of hydrogen-bond acceptors (Lipinski definition) is 5. The predicted octanol–water partition coefficient (Wildman–Crippen LogP) is 6.29. The summed E-state index contributed by atoms with van der Waals surface area (Å²) in [6, 6.07) is 15.6. The highest BCUT2D eigenvalue weighted by molar-refractivity contribution is 7.92. The average Bonchev–Trinajstić information content (AvgIpc) is 3.48. The molecule has 1 aliphatic carbocycles. The number of sulfonamides is 1. The van der Waals surface area contributed by atoms with E-state index in [2.05, 4.69) is 5.32 Å². The first-order valence-corrected chi connectivity index (χ1v) is 16.4.